The summed E-state index contributed by atoms with van der Waals surface area (Å²) in [7, 11) is -3.38. The van der Waals surface area contributed by atoms with Gasteiger partial charge >= 0.3 is 37.4 Å². The third-order valence-corrected chi connectivity index (χ3v) is 4.16. The van der Waals surface area contributed by atoms with Crippen molar-refractivity contribution in [2.24, 2.45) is 10.9 Å². The van der Waals surface area contributed by atoms with Crippen LogP contribution in [0.4, 0.5) is 0 Å². The Morgan fingerprint density at radius 1 is 1.43 bits per heavy atom. The van der Waals surface area contributed by atoms with Crippen LogP contribution in [0.15, 0.2) is 4.99 Å². The van der Waals surface area contributed by atoms with Crippen molar-refractivity contribution in [1.29, 1.82) is 0 Å². The minimum Gasteiger partial charge on any atom is -0.862 e. The maximum atomic E-state index is 11.4. The molecule has 1 unspecified atom stereocenters. The molecule has 0 spiro atoms. The van der Waals surface area contributed by atoms with Crippen LogP contribution in [0.3, 0.4) is 0 Å². The normalized spacial score (nSPS) is 36.7. The fraction of sp³-hybridized carbons (Fsp3) is 0.900. The third-order valence-electron chi connectivity index (χ3n) is 3.16. The zero-order valence-electron chi connectivity index (χ0n) is 12.1. The zero-order chi connectivity index (χ0) is 15.5. The molecule has 0 heterocycles. The van der Waals surface area contributed by atoms with E-state index in [0.29, 0.717) is 0 Å². The number of phosphoric ester groups is 1. The van der Waals surface area contributed by atoms with Crippen molar-refractivity contribution in [1.82, 2.24) is 0 Å². The van der Waals surface area contributed by atoms with Crippen molar-refractivity contribution in [3.05, 3.63) is 0 Å². The van der Waals surface area contributed by atoms with E-state index in [0.717, 1.165) is 14.0 Å². The molecule has 1 saturated carbocycles. The Labute approximate surface area is 144 Å². The number of rotatable bonds is 5. The first-order valence-electron chi connectivity index (χ1n) is 5.97. The third kappa shape index (κ3) is 5.87. The molecule has 1 rings (SSSR count). The van der Waals surface area contributed by atoms with E-state index in [-0.39, 0.29) is 36.0 Å². The van der Waals surface area contributed by atoms with Gasteiger partial charge in [0.25, 0.3) is 0 Å². The number of hydrogen-bond acceptors (Lipinski definition) is 8. The van der Waals surface area contributed by atoms with Crippen LogP contribution < -0.4 is 34.7 Å². The van der Waals surface area contributed by atoms with Gasteiger partial charge in [-0.1, -0.05) is 0 Å². The Hall–Kier alpha value is 0.460. The van der Waals surface area contributed by atoms with Crippen molar-refractivity contribution in [3.63, 3.8) is 0 Å². The van der Waals surface area contributed by atoms with E-state index in [1.54, 1.807) is 0 Å². The molecule has 1 aliphatic rings. The molecule has 21 heavy (non-hydrogen) atoms. The molecule has 0 aromatic rings. The Morgan fingerprint density at radius 2 is 2.00 bits per heavy atom. The van der Waals surface area contributed by atoms with Gasteiger partial charge in [0.15, 0.2) is 0 Å². The maximum absolute atomic E-state index is 11.4. The second-order valence-corrected chi connectivity index (χ2v) is 6.11. The summed E-state index contributed by atoms with van der Waals surface area (Å²) >= 11 is 0. The van der Waals surface area contributed by atoms with E-state index in [1.807, 2.05) is 0 Å². The van der Waals surface area contributed by atoms with Crippen LogP contribution in [0.1, 0.15) is 13.3 Å². The smallest absolute Gasteiger partial charge is 0.862 e. The van der Waals surface area contributed by atoms with Gasteiger partial charge in [-0.2, -0.15) is 0 Å². The molecule has 0 aromatic heterocycles. The van der Waals surface area contributed by atoms with Crippen LogP contribution in [0.25, 0.3) is 0 Å². The van der Waals surface area contributed by atoms with Crippen molar-refractivity contribution < 1.29 is 68.5 Å². The Morgan fingerprint density at radius 3 is 2.43 bits per heavy atom. The summed E-state index contributed by atoms with van der Waals surface area (Å²) in [6.07, 6.45) is -3.99. The van der Waals surface area contributed by atoms with E-state index in [1.165, 1.54) is 0 Å². The summed E-state index contributed by atoms with van der Waals surface area (Å²) in [6, 6.07) is -1.21. The summed E-state index contributed by atoms with van der Waals surface area (Å²) in [6.45, 7) is 0.691. The number of aliphatic imine (C=N–C) groups is 1. The van der Waals surface area contributed by atoms with Crippen molar-refractivity contribution in [3.8, 4) is 0 Å². The van der Waals surface area contributed by atoms with Gasteiger partial charge in [-0.25, -0.2) is 4.57 Å². The summed E-state index contributed by atoms with van der Waals surface area (Å²) in [5.74, 6) is -1.38. The molecule has 0 saturated heterocycles. The summed E-state index contributed by atoms with van der Waals surface area (Å²) in [4.78, 5) is 12.9. The van der Waals surface area contributed by atoms with Gasteiger partial charge in [-0.15, -0.1) is 0 Å². The van der Waals surface area contributed by atoms with E-state index in [2.05, 4.69) is 9.52 Å². The molecular weight excluding hydrogens is 316 g/mol. The van der Waals surface area contributed by atoms with Gasteiger partial charge in [0.05, 0.1) is 12.2 Å². The molecule has 0 amide bonds. The van der Waals surface area contributed by atoms with Crippen LogP contribution in [0.2, 0.25) is 0 Å². The van der Waals surface area contributed by atoms with Crippen molar-refractivity contribution in [2.45, 2.75) is 37.7 Å². The van der Waals surface area contributed by atoms with E-state index < -0.39 is 50.6 Å². The monoisotopic (exact) mass is 335 g/mol. The second kappa shape index (κ2) is 8.93. The molecule has 6 atom stereocenters. The molecule has 1 aliphatic carbocycles. The molecule has 118 valence electrons. The fourth-order valence-corrected chi connectivity index (χ4v) is 2.79. The van der Waals surface area contributed by atoms with Crippen LogP contribution in [-0.2, 0) is 13.6 Å². The minimum absolute atomic E-state index is 0. The fourth-order valence-electron chi connectivity index (χ4n) is 2.15. The summed E-state index contributed by atoms with van der Waals surface area (Å²) in [5, 5.41) is 39.9. The van der Waals surface area contributed by atoms with Crippen LogP contribution in [-0.4, -0.2) is 64.2 Å². The van der Waals surface area contributed by atoms with Crippen LogP contribution >= 0.6 is 7.82 Å². The summed E-state index contributed by atoms with van der Waals surface area (Å²) in [5.41, 5.74) is 0. The molecule has 1 fully saturated rings. The maximum Gasteiger partial charge on any atom is 1.00 e. The largest absolute Gasteiger partial charge is 1.00 e. The van der Waals surface area contributed by atoms with E-state index in [4.69, 9.17) is 9.63 Å². The number of hydrogen-bond donors (Lipinski definition) is 4. The minimum atomic E-state index is -4.35. The predicted molar refractivity (Wildman–Crippen MR) is 65.8 cm³/mol. The first-order valence-corrected chi connectivity index (χ1v) is 7.46. The Balaban J connectivity index is 0.00000400. The average Bonchev–Trinajstić information content (AvgIpc) is 2.37. The number of phosphoric acid groups is 1. The van der Waals surface area contributed by atoms with Crippen molar-refractivity contribution >= 4 is 13.7 Å². The average molecular weight is 335 g/mol. The molecule has 9 nitrogen and oxygen atoms in total. The van der Waals surface area contributed by atoms with Crippen LogP contribution in [0.5, 0.6) is 0 Å². The molecule has 0 aliphatic heterocycles. The van der Waals surface area contributed by atoms with Gasteiger partial charge in [-0.3, -0.25) is 14.0 Å². The zero-order valence-corrected chi connectivity index (χ0v) is 15.0. The second-order valence-electron chi connectivity index (χ2n) is 4.59. The predicted octanol–water partition coefficient (Wildman–Crippen LogP) is -5.00. The first-order chi connectivity index (χ1) is 9.21. The molecule has 4 N–H and O–H groups in total. The molecular formula is C10H19NNaO8P. The topological polar surface area (TPSA) is 152 Å². The summed E-state index contributed by atoms with van der Waals surface area (Å²) < 4.78 is 20.6. The number of aliphatic hydroxyl groups is 3. The van der Waals surface area contributed by atoms with E-state index in [9.17, 15) is 24.8 Å². The number of aliphatic hydroxyl groups excluding tert-OH is 3. The SMILES string of the molecule is COP(=O)(O)O[C@H]1C[C@H](CO)[C@@H](O)[C@H](O)[C@@H]1N=C(C)[O-].[Na+]. The quantitative estimate of drug-likeness (QED) is 0.169. The van der Waals surface area contributed by atoms with Gasteiger partial charge < -0.3 is 25.3 Å². The van der Waals surface area contributed by atoms with Gasteiger partial charge in [0, 0.05) is 19.6 Å². The number of nitrogens with zero attached hydrogens (tertiary/aromatic N) is 1. The van der Waals surface area contributed by atoms with Gasteiger partial charge in [0.2, 0.25) is 0 Å². The van der Waals surface area contributed by atoms with Gasteiger partial charge in [-0.05, 0) is 19.2 Å². The van der Waals surface area contributed by atoms with E-state index >= 15 is 0 Å². The van der Waals surface area contributed by atoms with Crippen molar-refractivity contribution in [2.75, 3.05) is 13.7 Å². The molecule has 0 bridgehead atoms. The molecule has 0 radical (unpaired) electrons. The van der Waals surface area contributed by atoms with Gasteiger partial charge in [0.1, 0.15) is 12.1 Å². The molecule has 11 heteroatoms. The Kier molecular flexibility index (Phi) is 9.12. The Bertz CT molecular complexity index is 405. The first kappa shape index (κ1) is 21.5. The molecule has 0 aromatic carbocycles. The van der Waals surface area contributed by atoms with Crippen LogP contribution in [0, 0.1) is 5.92 Å². The standard InChI is InChI=1S/C10H20NO8P.Na/c1-5(13)11-8-7(19-20(16,17)18-2)3-6(4-12)9(14)10(8)15;/h6-10,12,14-15H,3-4H2,1-2H3,(H,11,13)(H,16,17);/q;+1/p-1/t6-,7+,8-,9-,10-;/m1./s1.